The van der Waals surface area contributed by atoms with Crippen molar-refractivity contribution in [2.24, 2.45) is 0 Å². The Bertz CT molecular complexity index is 615. The summed E-state index contributed by atoms with van der Waals surface area (Å²) in [6.07, 6.45) is 0. The molecule has 2 N–H and O–H groups in total. The van der Waals surface area contributed by atoms with Gasteiger partial charge in [-0.15, -0.1) is 0 Å². The number of benzene rings is 2. The molecule has 0 saturated heterocycles. The van der Waals surface area contributed by atoms with E-state index in [1.54, 1.807) is 37.4 Å². The minimum absolute atomic E-state index is 0.248. The zero-order valence-electron chi connectivity index (χ0n) is 11.3. The molecule has 0 aliphatic rings. The summed E-state index contributed by atoms with van der Waals surface area (Å²) in [5, 5.41) is 21.7. The molecule has 2 rings (SSSR count). The highest BCUT2D eigenvalue weighted by atomic mass is 16.5. The standard InChI is InChI=1S/C16H16N2O2/c1-20-15-6-7-16(19)14(8-15)11-18-10-13-4-2-12(9-17)3-5-13/h2-8,18-19H,10-11H2,1H3. The average molecular weight is 268 g/mol. The van der Waals surface area contributed by atoms with Crippen LogP contribution in [0, 0.1) is 11.3 Å². The summed E-state index contributed by atoms with van der Waals surface area (Å²) < 4.78 is 5.13. The highest BCUT2D eigenvalue weighted by Gasteiger charge is 2.03. The molecule has 20 heavy (non-hydrogen) atoms. The van der Waals surface area contributed by atoms with Crippen LogP contribution < -0.4 is 10.1 Å². The molecule has 4 nitrogen and oxygen atoms in total. The van der Waals surface area contributed by atoms with Crippen LogP contribution >= 0.6 is 0 Å². The smallest absolute Gasteiger partial charge is 0.120 e. The topological polar surface area (TPSA) is 65.3 Å². The maximum Gasteiger partial charge on any atom is 0.120 e. The number of aromatic hydroxyl groups is 1. The highest BCUT2D eigenvalue weighted by molar-refractivity contribution is 5.39. The van der Waals surface area contributed by atoms with E-state index in [0.29, 0.717) is 18.7 Å². The van der Waals surface area contributed by atoms with Gasteiger partial charge in [-0.05, 0) is 35.9 Å². The van der Waals surface area contributed by atoms with Crippen molar-refractivity contribution in [2.75, 3.05) is 7.11 Å². The number of methoxy groups -OCH3 is 1. The van der Waals surface area contributed by atoms with E-state index in [4.69, 9.17) is 10.00 Å². The number of nitrogens with one attached hydrogen (secondary N) is 1. The molecule has 0 aliphatic heterocycles. The van der Waals surface area contributed by atoms with Crippen molar-refractivity contribution in [3.05, 3.63) is 59.2 Å². The molecule has 0 heterocycles. The van der Waals surface area contributed by atoms with E-state index in [2.05, 4.69) is 11.4 Å². The number of phenolic OH excluding ortho intramolecular Hbond substituents is 1. The first-order valence-corrected chi connectivity index (χ1v) is 6.28. The monoisotopic (exact) mass is 268 g/mol. The molecule has 2 aromatic rings. The van der Waals surface area contributed by atoms with Crippen molar-refractivity contribution in [2.45, 2.75) is 13.1 Å². The lowest BCUT2D eigenvalue weighted by atomic mass is 10.1. The number of rotatable bonds is 5. The molecule has 0 spiro atoms. The van der Waals surface area contributed by atoms with Crippen molar-refractivity contribution < 1.29 is 9.84 Å². The average Bonchev–Trinajstić information content (AvgIpc) is 2.50. The third kappa shape index (κ3) is 3.50. The van der Waals surface area contributed by atoms with Gasteiger partial charge in [0, 0.05) is 18.7 Å². The van der Waals surface area contributed by atoms with E-state index in [-0.39, 0.29) is 5.75 Å². The molecule has 0 atom stereocenters. The van der Waals surface area contributed by atoms with Crippen LogP contribution in [0.4, 0.5) is 0 Å². The van der Waals surface area contributed by atoms with Gasteiger partial charge in [0.1, 0.15) is 11.5 Å². The van der Waals surface area contributed by atoms with Crippen LogP contribution in [0.2, 0.25) is 0 Å². The van der Waals surface area contributed by atoms with Crippen LogP contribution in [0.5, 0.6) is 11.5 Å². The van der Waals surface area contributed by atoms with Crippen LogP contribution in [-0.2, 0) is 13.1 Å². The molecular weight excluding hydrogens is 252 g/mol. The Morgan fingerprint density at radius 2 is 1.90 bits per heavy atom. The quantitative estimate of drug-likeness (QED) is 0.874. The number of ether oxygens (including phenoxy) is 1. The Balaban J connectivity index is 1.93. The van der Waals surface area contributed by atoms with Gasteiger partial charge in [-0.2, -0.15) is 5.26 Å². The van der Waals surface area contributed by atoms with Gasteiger partial charge in [-0.1, -0.05) is 12.1 Å². The van der Waals surface area contributed by atoms with E-state index in [1.165, 1.54) is 0 Å². The Morgan fingerprint density at radius 3 is 2.55 bits per heavy atom. The van der Waals surface area contributed by atoms with E-state index in [1.807, 2.05) is 12.1 Å². The molecule has 2 aromatic carbocycles. The Hall–Kier alpha value is -2.51. The van der Waals surface area contributed by atoms with Gasteiger partial charge < -0.3 is 15.2 Å². The van der Waals surface area contributed by atoms with Crippen molar-refractivity contribution in [3.8, 4) is 17.6 Å². The minimum Gasteiger partial charge on any atom is -0.508 e. The first-order valence-electron chi connectivity index (χ1n) is 6.28. The molecule has 0 bridgehead atoms. The SMILES string of the molecule is COc1ccc(O)c(CNCc2ccc(C#N)cc2)c1. The van der Waals surface area contributed by atoms with Gasteiger partial charge in [0.05, 0.1) is 18.7 Å². The lowest BCUT2D eigenvalue weighted by molar-refractivity contribution is 0.410. The van der Waals surface area contributed by atoms with Crippen LogP contribution in [0.1, 0.15) is 16.7 Å². The number of hydrogen-bond acceptors (Lipinski definition) is 4. The molecule has 0 saturated carbocycles. The van der Waals surface area contributed by atoms with Gasteiger partial charge in [-0.3, -0.25) is 0 Å². The summed E-state index contributed by atoms with van der Waals surface area (Å²) in [6.45, 7) is 1.21. The van der Waals surface area contributed by atoms with Gasteiger partial charge in [0.25, 0.3) is 0 Å². The Labute approximate surface area is 118 Å². The van der Waals surface area contributed by atoms with Crippen molar-refractivity contribution in [1.82, 2.24) is 5.32 Å². The van der Waals surface area contributed by atoms with Gasteiger partial charge in [0.15, 0.2) is 0 Å². The van der Waals surface area contributed by atoms with Crippen molar-refractivity contribution >= 4 is 0 Å². The summed E-state index contributed by atoms with van der Waals surface area (Å²) in [5.41, 5.74) is 2.53. The maximum atomic E-state index is 9.76. The molecule has 102 valence electrons. The molecule has 0 aromatic heterocycles. The third-order valence-corrected chi connectivity index (χ3v) is 3.01. The van der Waals surface area contributed by atoms with Gasteiger partial charge in [-0.25, -0.2) is 0 Å². The summed E-state index contributed by atoms with van der Waals surface area (Å²) >= 11 is 0. The van der Waals surface area contributed by atoms with Crippen LogP contribution in [0.15, 0.2) is 42.5 Å². The summed E-state index contributed by atoms with van der Waals surface area (Å²) in [5.74, 6) is 0.969. The lowest BCUT2D eigenvalue weighted by Crippen LogP contribution is -2.12. The summed E-state index contributed by atoms with van der Waals surface area (Å²) in [6, 6.07) is 14.7. The normalized spacial score (nSPS) is 10.0. The number of nitrogens with zero attached hydrogens (tertiary/aromatic N) is 1. The predicted octanol–water partition coefficient (Wildman–Crippen LogP) is 2.56. The van der Waals surface area contributed by atoms with Crippen LogP contribution in [-0.4, -0.2) is 12.2 Å². The number of phenols is 1. The number of hydrogen-bond donors (Lipinski definition) is 2. The zero-order chi connectivity index (χ0) is 14.4. The first-order chi connectivity index (χ1) is 9.72. The third-order valence-electron chi connectivity index (χ3n) is 3.01. The fraction of sp³-hybridized carbons (Fsp3) is 0.188. The van der Waals surface area contributed by atoms with Crippen molar-refractivity contribution in [1.29, 1.82) is 5.26 Å². The van der Waals surface area contributed by atoms with E-state index in [0.717, 1.165) is 16.9 Å². The Morgan fingerprint density at radius 1 is 1.15 bits per heavy atom. The van der Waals surface area contributed by atoms with E-state index in [9.17, 15) is 5.11 Å². The fourth-order valence-electron chi connectivity index (χ4n) is 1.87. The first kappa shape index (κ1) is 13.9. The highest BCUT2D eigenvalue weighted by Crippen LogP contribution is 2.22. The molecule has 0 unspecified atom stereocenters. The molecule has 0 fully saturated rings. The van der Waals surface area contributed by atoms with Gasteiger partial charge >= 0.3 is 0 Å². The molecule has 0 radical (unpaired) electrons. The second-order valence-corrected chi connectivity index (χ2v) is 4.41. The van der Waals surface area contributed by atoms with E-state index < -0.39 is 0 Å². The fourth-order valence-corrected chi connectivity index (χ4v) is 1.87. The van der Waals surface area contributed by atoms with E-state index >= 15 is 0 Å². The lowest BCUT2D eigenvalue weighted by Gasteiger charge is -2.09. The molecular formula is C16H16N2O2. The zero-order valence-corrected chi connectivity index (χ0v) is 11.3. The molecule has 4 heteroatoms. The Kier molecular flexibility index (Phi) is 4.59. The van der Waals surface area contributed by atoms with Crippen LogP contribution in [0.25, 0.3) is 0 Å². The molecule has 0 aliphatic carbocycles. The second kappa shape index (κ2) is 6.60. The second-order valence-electron chi connectivity index (χ2n) is 4.41. The van der Waals surface area contributed by atoms with Gasteiger partial charge in [0.2, 0.25) is 0 Å². The summed E-state index contributed by atoms with van der Waals surface area (Å²) in [4.78, 5) is 0. The molecule has 0 amide bonds. The largest absolute Gasteiger partial charge is 0.508 e. The summed E-state index contributed by atoms with van der Waals surface area (Å²) in [7, 11) is 1.60. The predicted molar refractivity (Wildman–Crippen MR) is 76.4 cm³/mol. The number of nitriles is 1. The maximum absolute atomic E-state index is 9.76. The van der Waals surface area contributed by atoms with Crippen LogP contribution in [0.3, 0.4) is 0 Å². The van der Waals surface area contributed by atoms with Crippen molar-refractivity contribution in [3.63, 3.8) is 0 Å². The minimum atomic E-state index is 0.248.